The number of likely N-dealkylation sites (tertiary alicyclic amines) is 1. The standard InChI is InChI=1S/C22H19FN4O3S/c23-16-7-5-14(6-8-16)20-25-27(22(29)30-20)13-19(28)26-11-9-15(10-12-26)21-24-17-3-1-2-4-18(17)31-21/h1-8,15H,9-13H2. The predicted molar refractivity (Wildman–Crippen MR) is 114 cm³/mol. The maximum atomic E-state index is 13.1. The summed E-state index contributed by atoms with van der Waals surface area (Å²) in [7, 11) is 0. The molecule has 4 aromatic rings. The molecule has 0 bridgehead atoms. The van der Waals surface area contributed by atoms with Gasteiger partial charge in [0.2, 0.25) is 11.8 Å². The molecule has 31 heavy (non-hydrogen) atoms. The molecule has 2 aromatic carbocycles. The Bertz CT molecular complexity index is 1250. The van der Waals surface area contributed by atoms with Gasteiger partial charge in [0.05, 0.1) is 15.2 Å². The topological polar surface area (TPSA) is 81.2 Å². The first kappa shape index (κ1) is 19.6. The SMILES string of the molecule is O=C(Cn1nc(-c2ccc(F)cc2)oc1=O)N1CCC(c2nc3ccccc3s2)CC1. The molecule has 7 nitrogen and oxygen atoms in total. The van der Waals surface area contributed by atoms with Gasteiger partial charge in [-0.1, -0.05) is 12.1 Å². The lowest BCUT2D eigenvalue weighted by Crippen LogP contribution is -2.41. The first-order valence-corrected chi connectivity index (χ1v) is 10.9. The lowest BCUT2D eigenvalue weighted by Gasteiger charge is -2.31. The molecule has 9 heteroatoms. The summed E-state index contributed by atoms with van der Waals surface area (Å²) in [5.41, 5.74) is 1.49. The number of para-hydroxylation sites is 1. The van der Waals surface area contributed by atoms with Crippen LogP contribution in [0.2, 0.25) is 0 Å². The molecule has 1 aliphatic heterocycles. The number of rotatable bonds is 4. The van der Waals surface area contributed by atoms with Gasteiger partial charge in [0.15, 0.2) is 0 Å². The van der Waals surface area contributed by atoms with E-state index in [1.165, 1.54) is 29.0 Å². The van der Waals surface area contributed by atoms with Crippen LogP contribution < -0.4 is 5.76 Å². The number of carbonyl (C=O) groups is 1. The monoisotopic (exact) mass is 438 g/mol. The van der Waals surface area contributed by atoms with Crippen LogP contribution in [0.5, 0.6) is 0 Å². The normalized spacial score (nSPS) is 14.9. The summed E-state index contributed by atoms with van der Waals surface area (Å²) >= 11 is 1.71. The van der Waals surface area contributed by atoms with Gasteiger partial charge in [-0.25, -0.2) is 14.2 Å². The highest BCUT2D eigenvalue weighted by molar-refractivity contribution is 7.18. The van der Waals surface area contributed by atoms with Crippen molar-refractivity contribution in [2.75, 3.05) is 13.1 Å². The number of carbonyl (C=O) groups excluding carboxylic acids is 1. The Morgan fingerprint density at radius 3 is 2.61 bits per heavy atom. The zero-order chi connectivity index (χ0) is 21.4. The zero-order valence-electron chi connectivity index (χ0n) is 16.5. The fourth-order valence-electron chi connectivity index (χ4n) is 3.78. The Kier molecular flexibility index (Phi) is 5.11. The number of aromatic nitrogens is 3. The quantitative estimate of drug-likeness (QED) is 0.486. The molecule has 2 aromatic heterocycles. The van der Waals surface area contributed by atoms with Crippen molar-refractivity contribution in [3.63, 3.8) is 0 Å². The van der Waals surface area contributed by atoms with Crippen LogP contribution in [-0.2, 0) is 11.3 Å². The average molecular weight is 438 g/mol. The number of halogens is 1. The van der Waals surface area contributed by atoms with Crippen molar-refractivity contribution in [1.29, 1.82) is 0 Å². The second kappa shape index (κ2) is 8.07. The molecule has 0 spiro atoms. The number of benzene rings is 2. The highest BCUT2D eigenvalue weighted by atomic mass is 32.1. The van der Waals surface area contributed by atoms with E-state index in [4.69, 9.17) is 9.40 Å². The molecular formula is C22H19FN4O3S. The second-order valence-electron chi connectivity index (χ2n) is 7.51. The van der Waals surface area contributed by atoms with Gasteiger partial charge < -0.3 is 9.32 Å². The van der Waals surface area contributed by atoms with Crippen molar-refractivity contribution in [1.82, 2.24) is 19.7 Å². The number of thiazole rings is 1. The minimum Gasteiger partial charge on any atom is -0.388 e. The van der Waals surface area contributed by atoms with E-state index in [1.807, 2.05) is 18.2 Å². The van der Waals surface area contributed by atoms with Crippen LogP contribution in [-0.4, -0.2) is 38.7 Å². The molecule has 1 amide bonds. The lowest BCUT2D eigenvalue weighted by molar-refractivity contribution is -0.133. The van der Waals surface area contributed by atoms with Crippen LogP contribution in [0.3, 0.4) is 0 Å². The molecule has 0 unspecified atom stereocenters. The molecule has 1 aliphatic rings. The Labute approximate surface area is 180 Å². The molecule has 1 fully saturated rings. The van der Waals surface area contributed by atoms with E-state index in [0.29, 0.717) is 24.6 Å². The number of hydrogen-bond acceptors (Lipinski definition) is 6. The van der Waals surface area contributed by atoms with Crippen molar-refractivity contribution in [2.45, 2.75) is 25.3 Å². The largest absolute Gasteiger partial charge is 0.437 e. The van der Waals surface area contributed by atoms with E-state index in [1.54, 1.807) is 16.2 Å². The maximum absolute atomic E-state index is 13.1. The third-order valence-corrected chi connectivity index (χ3v) is 6.69. The van der Waals surface area contributed by atoms with Crippen LogP contribution in [0.25, 0.3) is 21.7 Å². The van der Waals surface area contributed by atoms with Gasteiger partial charge >= 0.3 is 5.76 Å². The second-order valence-corrected chi connectivity index (χ2v) is 8.57. The van der Waals surface area contributed by atoms with E-state index >= 15 is 0 Å². The summed E-state index contributed by atoms with van der Waals surface area (Å²) in [6, 6.07) is 13.6. The van der Waals surface area contributed by atoms with E-state index in [2.05, 4.69) is 11.2 Å². The minimum atomic E-state index is -0.711. The van der Waals surface area contributed by atoms with E-state index in [-0.39, 0.29) is 18.3 Å². The Morgan fingerprint density at radius 2 is 1.87 bits per heavy atom. The summed E-state index contributed by atoms with van der Waals surface area (Å²) in [4.78, 5) is 31.3. The van der Waals surface area contributed by atoms with Crippen molar-refractivity contribution in [3.05, 3.63) is 69.9 Å². The van der Waals surface area contributed by atoms with Gasteiger partial charge in [0.25, 0.3) is 0 Å². The maximum Gasteiger partial charge on any atom is 0.437 e. The summed E-state index contributed by atoms with van der Waals surface area (Å²) in [5, 5.41) is 5.21. The highest BCUT2D eigenvalue weighted by Gasteiger charge is 2.26. The van der Waals surface area contributed by atoms with E-state index in [0.717, 1.165) is 28.0 Å². The summed E-state index contributed by atoms with van der Waals surface area (Å²) in [6.45, 7) is 1.03. The lowest BCUT2D eigenvalue weighted by atomic mass is 9.97. The first-order chi connectivity index (χ1) is 15.1. The number of fused-ring (bicyclic) bond motifs is 1. The fraction of sp³-hybridized carbons (Fsp3) is 0.273. The summed E-state index contributed by atoms with van der Waals surface area (Å²) in [6.07, 6.45) is 1.67. The van der Waals surface area contributed by atoms with Crippen molar-refractivity contribution >= 4 is 27.5 Å². The van der Waals surface area contributed by atoms with Crippen LogP contribution in [0.4, 0.5) is 4.39 Å². The number of amides is 1. The van der Waals surface area contributed by atoms with Crippen molar-refractivity contribution in [2.24, 2.45) is 0 Å². The summed E-state index contributed by atoms with van der Waals surface area (Å²) < 4.78 is 20.4. The molecule has 0 N–H and O–H groups in total. The fourth-order valence-corrected chi connectivity index (χ4v) is 4.92. The molecule has 0 atom stereocenters. The van der Waals surface area contributed by atoms with Crippen LogP contribution in [0.15, 0.2) is 57.7 Å². The molecule has 0 aliphatic carbocycles. The smallest absolute Gasteiger partial charge is 0.388 e. The van der Waals surface area contributed by atoms with Crippen molar-refractivity contribution in [3.8, 4) is 11.5 Å². The van der Waals surface area contributed by atoms with Gasteiger partial charge in [-0.2, -0.15) is 4.68 Å². The van der Waals surface area contributed by atoms with Gasteiger partial charge in [-0.15, -0.1) is 16.4 Å². The molecule has 0 radical (unpaired) electrons. The highest BCUT2D eigenvalue weighted by Crippen LogP contribution is 2.33. The third kappa shape index (κ3) is 4.00. The van der Waals surface area contributed by atoms with E-state index in [9.17, 15) is 14.0 Å². The molecule has 3 heterocycles. The van der Waals surface area contributed by atoms with Crippen LogP contribution in [0.1, 0.15) is 23.8 Å². The molecule has 0 saturated carbocycles. The van der Waals surface area contributed by atoms with Gasteiger partial charge in [-0.05, 0) is 49.2 Å². The Morgan fingerprint density at radius 1 is 1.13 bits per heavy atom. The van der Waals surface area contributed by atoms with Crippen LogP contribution in [0, 0.1) is 5.82 Å². The average Bonchev–Trinajstić information content (AvgIpc) is 3.38. The predicted octanol–water partition coefficient (Wildman–Crippen LogP) is 3.66. The third-order valence-electron chi connectivity index (χ3n) is 5.49. The minimum absolute atomic E-state index is 0.0624. The van der Waals surface area contributed by atoms with Crippen molar-refractivity contribution < 1.29 is 13.6 Å². The van der Waals surface area contributed by atoms with Gasteiger partial charge in [0.1, 0.15) is 12.4 Å². The number of hydrogen-bond donors (Lipinski definition) is 0. The Balaban J connectivity index is 1.23. The Hall–Kier alpha value is -3.33. The number of nitrogens with zero attached hydrogens (tertiary/aromatic N) is 4. The molecule has 1 saturated heterocycles. The zero-order valence-corrected chi connectivity index (χ0v) is 17.3. The number of piperidine rings is 1. The molecule has 5 rings (SSSR count). The van der Waals surface area contributed by atoms with E-state index < -0.39 is 11.6 Å². The van der Waals surface area contributed by atoms with Gasteiger partial charge in [-0.3, -0.25) is 4.79 Å². The van der Waals surface area contributed by atoms with Gasteiger partial charge in [0, 0.05) is 24.6 Å². The molecule has 158 valence electrons. The summed E-state index contributed by atoms with van der Waals surface area (Å²) in [5.74, 6) is -0.885. The van der Waals surface area contributed by atoms with Crippen LogP contribution >= 0.6 is 11.3 Å². The first-order valence-electron chi connectivity index (χ1n) is 10.0. The molecular weight excluding hydrogens is 419 g/mol.